The zero-order valence-corrected chi connectivity index (χ0v) is 12.9. The highest BCUT2D eigenvalue weighted by Crippen LogP contribution is 2.21. The molecular formula is C12H19N7S. The molecule has 2 rings (SSSR count). The molecule has 0 atom stereocenters. The van der Waals surface area contributed by atoms with E-state index in [1.54, 1.807) is 35.9 Å². The van der Waals surface area contributed by atoms with E-state index < -0.39 is 0 Å². The Morgan fingerprint density at radius 1 is 1.25 bits per heavy atom. The molecule has 0 fully saturated rings. The van der Waals surface area contributed by atoms with Gasteiger partial charge in [-0.2, -0.15) is 31.8 Å². The third-order valence-electron chi connectivity index (χ3n) is 2.78. The third kappa shape index (κ3) is 3.60. The molecule has 0 saturated heterocycles. The molecule has 8 heteroatoms. The minimum Gasteiger partial charge on any atom is -0.357 e. The van der Waals surface area contributed by atoms with E-state index in [0.717, 1.165) is 6.54 Å². The number of hydrogen-bond donors (Lipinski definition) is 2. The van der Waals surface area contributed by atoms with Gasteiger partial charge in [-0.15, -0.1) is 0 Å². The van der Waals surface area contributed by atoms with E-state index in [-0.39, 0.29) is 4.75 Å². The van der Waals surface area contributed by atoms with Gasteiger partial charge in [-0.1, -0.05) is 0 Å². The highest BCUT2D eigenvalue weighted by Gasteiger charge is 2.16. The van der Waals surface area contributed by atoms with Crippen LogP contribution in [-0.2, 0) is 0 Å². The number of aromatic nitrogens is 5. The van der Waals surface area contributed by atoms with Gasteiger partial charge in [-0.05, 0) is 26.2 Å². The topological polar surface area (TPSA) is 80.5 Å². The maximum Gasteiger partial charge on any atom is 0.257 e. The molecule has 2 N–H and O–H groups in total. The van der Waals surface area contributed by atoms with Crippen LogP contribution in [0.2, 0.25) is 0 Å². The smallest absolute Gasteiger partial charge is 0.257 e. The SMILES string of the molecule is CNc1nc(NCC(C)(C)SC)nc(-n2cccn2)n1. The Bertz CT molecular complexity index is 553. The Kier molecular flexibility index (Phi) is 4.43. The fourth-order valence-corrected chi connectivity index (χ4v) is 1.63. The summed E-state index contributed by atoms with van der Waals surface area (Å²) in [6.07, 6.45) is 5.57. The predicted octanol–water partition coefficient (Wildman–Crippen LogP) is 1.65. The van der Waals surface area contributed by atoms with Gasteiger partial charge in [0.2, 0.25) is 11.9 Å². The number of hydrogen-bond acceptors (Lipinski definition) is 7. The maximum atomic E-state index is 4.38. The van der Waals surface area contributed by atoms with E-state index in [1.165, 1.54) is 0 Å². The molecule has 0 saturated carbocycles. The molecule has 108 valence electrons. The van der Waals surface area contributed by atoms with Gasteiger partial charge >= 0.3 is 0 Å². The number of nitrogens with one attached hydrogen (secondary N) is 2. The Morgan fingerprint density at radius 3 is 2.60 bits per heavy atom. The van der Waals surface area contributed by atoms with Crippen molar-refractivity contribution >= 4 is 23.7 Å². The van der Waals surface area contributed by atoms with Gasteiger partial charge in [0.05, 0.1) is 0 Å². The summed E-state index contributed by atoms with van der Waals surface area (Å²) >= 11 is 1.79. The van der Waals surface area contributed by atoms with Gasteiger partial charge < -0.3 is 10.6 Å². The summed E-state index contributed by atoms with van der Waals surface area (Å²) in [4.78, 5) is 13.0. The number of anilines is 2. The van der Waals surface area contributed by atoms with Crippen molar-refractivity contribution in [2.45, 2.75) is 18.6 Å². The molecule has 0 amide bonds. The Balaban J connectivity index is 2.23. The van der Waals surface area contributed by atoms with E-state index >= 15 is 0 Å². The summed E-state index contributed by atoms with van der Waals surface area (Å²) in [5.41, 5.74) is 0. The lowest BCUT2D eigenvalue weighted by atomic mass is 10.2. The first-order valence-electron chi connectivity index (χ1n) is 6.27. The van der Waals surface area contributed by atoms with Gasteiger partial charge in [0, 0.05) is 30.7 Å². The van der Waals surface area contributed by atoms with Crippen molar-refractivity contribution in [3.8, 4) is 5.95 Å². The lowest BCUT2D eigenvalue weighted by Gasteiger charge is -2.22. The molecule has 0 unspecified atom stereocenters. The van der Waals surface area contributed by atoms with Crippen LogP contribution in [0.1, 0.15) is 13.8 Å². The zero-order valence-electron chi connectivity index (χ0n) is 12.1. The van der Waals surface area contributed by atoms with Gasteiger partial charge in [-0.3, -0.25) is 0 Å². The molecule has 0 aliphatic rings. The summed E-state index contributed by atoms with van der Waals surface area (Å²) in [5, 5.41) is 10.3. The summed E-state index contributed by atoms with van der Waals surface area (Å²) < 4.78 is 1.71. The maximum absolute atomic E-state index is 4.38. The third-order valence-corrected chi connectivity index (χ3v) is 4.03. The zero-order chi connectivity index (χ0) is 14.6. The van der Waals surface area contributed by atoms with Gasteiger partial charge in [-0.25, -0.2) is 4.68 Å². The van der Waals surface area contributed by atoms with E-state index in [9.17, 15) is 0 Å². The van der Waals surface area contributed by atoms with Crippen LogP contribution in [0, 0.1) is 0 Å². The number of nitrogens with zero attached hydrogens (tertiary/aromatic N) is 5. The Labute approximate surface area is 122 Å². The monoisotopic (exact) mass is 293 g/mol. The van der Waals surface area contributed by atoms with Crippen LogP contribution in [0.5, 0.6) is 0 Å². The minimum atomic E-state index is 0.109. The molecule has 0 radical (unpaired) electrons. The fourth-order valence-electron chi connectivity index (χ4n) is 1.41. The normalized spacial score (nSPS) is 11.4. The van der Waals surface area contributed by atoms with E-state index in [4.69, 9.17) is 0 Å². The molecule has 0 spiro atoms. The van der Waals surface area contributed by atoms with Crippen LogP contribution < -0.4 is 10.6 Å². The molecule has 0 aliphatic heterocycles. The van der Waals surface area contributed by atoms with Crippen molar-refractivity contribution in [1.29, 1.82) is 0 Å². The standard InChI is InChI=1S/C12H19N7S/c1-12(2,20-4)8-14-10-16-9(13-3)17-11(18-10)19-7-5-6-15-19/h5-7H,8H2,1-4H3,(H2,13,14,16,17,18). The lowest BCUT2D eigenvalue weighted by Crippen LogP contribution is -2.27. The quantitative estimate of drug-likeness (QED) is 0.838. The van der Waals surface area contributed by atoms with E-state index in [1.807, 2.05) is 6.07 Å². The molecule has 7 nitrogen and oxygen atoms in total. The van der Waals surface area contributed by atoms with E-state index in [2.05, 4.69) is 50.8 Å². The Morgan fingerprint density at radius 2 is 2.00 bits per heavy atom. The second kappa shape index (κ2) is 6.08. The van der Waals surface area contributed by atoms with Crippen molar-refractivity contribution in [2.75, 3.05) is 30.5 Å². The van der Waals surface area contributed by atoms with Crippen LogP contribution in [-0.4, -0.2) is 49.3 Å². The lowest BCUT2D eigenvalue weighted by molar-refractivity contribution is 0.740. The Hall–Kier alpha value is -1.83. The first-order chi connectivity index (χ1) is 9.54. The van der Waals surface area contributed by atoms with Gasteiger partial charge in [0.1, 0.15) is 0 Å². The van der Waals surface area contributed by atoms with E-state index in [0.29, 0.717) is 17.8 Å². The molecule has 0 aliphatic carbocycles. The molecule has 0 aromatic carbocycles. The van der Waals surface area contributed by atoms with Crippen LogP contribution in [0.25, 0.3) is 5.95 Å². The molecule has 2 aromatic heterocycles. The summed E-state index contributed by atoms with van der Waals surface area (Å²) in [6.45, 7) is 5.10. The number of rotatable bonds is 6. The highest BCUT2D eigenvalue weighted by atomic mass is 32.2. The average Bonchev–Trinajstić information content (AvgIpc) is 2.99. The van der Waals surface area contributed by atoms with Gasteiger partial charge in [0.15, 0.2) is 0 Å². The van der Waals surface area contributed by atoms with Crippen molar-refractivity contribution in [3.63, 3.8) is 0 Å². The van der Waals surface area contributed by atoms with Crippen LogP contribution in [0.3, 0.4) is 0 Å². The first-order valence-corrected chi connectivity index (χ1v) is 7.49. The highest BCUT2D eigenvalue weighted by molar-refractivity contribution is 7.99. The molecule has 20 heavy (non-hydrogen) atoms. The second-order valence-electron chi connectivity index (χ2n) is 4.80. The molecule has 2 heterocycles. The molecular weight excluding hydrogens is 274 g/mol. The van der Waals surface area contributed by atoms with Crippen molar-refractivity contribution in [2.24, 2.45) is 0 Å². The van der Waals surface area contributed by atoms with Crippen molar-refractivity contribution < 1.29 is 0 Å². The predicted molar refractivity (Wildman–Crippen MR) is 82.6 cm³/mol. The van der Waals surface area contributed by atoms with Crippen molar-refractivity contribution in [3.05, 3.63) is 18.5 Å². The van der Waals surface area contributed by atoms with Gasteiger partial charge in [0.25, 0.3) is 5.95 Å². The van der Waals surface area contributed by atoms with Crippen molar-refractivity contribution in [1.82, 2.24) is 24.7 Å². The molecule has 0 bridgehead atoms. The largest absolute Gasteiger partial charge is 0.357 e. The minimum absolute atomic E-state index is 0.109. The summed E-state index contributed by atoms with van der Waals surface area (Å²) in [5.74, 6) is 1.53. The summed E-state index contributed by atoms with van der Waals surface area (Å²) in [6, 6.07) is 1.83. The fraction of sp³-hybridized carbons (Fsp3) is 0.500. The second-order valence-corrected chi connectivity index (χ2v) is 6.31. The summed E-state index contributed by atoms with van der Waals surface area (Å²) in [7, 11) is 1.78. The van der Waals surface area contributed by atoms with Crippen LogP contribution >= 0.6 is 11.8 Å². The first kappa shape index (κ1) is 14.6. The number of thioether (sulfide) groups is 1. The average molecular weight is 293 g/mol. The van der Waals surface area contributed by atoms with Crippen LogP contribution in [0.15, 0.2) is 18.5 Å². The van der Waals surface area contributed by atoms with Crippen LogP contribution in [0.4, 0.5) is 11.9 Å². The molecule has 2 aromatic rings.